The second kappa shape index (κ2) is 8.20. The monoisotopic (exact) mass is 441 g/mol. The van der Waals surface area contributed by atoms with Crippen LogP contribution in [0.2, 0.25) is 5.02 Å². The molecule has 2 aromatic carbocycles. The molecule has 1 aliphatic heterocycles. The van der Waals surface area contributed by atoms with E-state index in [1.807, 2.05) is 42.5 Å². The Kier molecular flexibility index (Phi) is 5.26. The van der Waals surface area contributed by atoms with Crippen molar-refractivity contribution < 1.29 is 4.42 Å². The number of benzene rings is 2. The third-order valence-electron chi connectivity index (χ3n) is 5.19. The Bertz CT molecular complexity index is 1240. The molecule has 0 N–H and O–H groups in total. The summed E-state index contributed by atoms with van der Waals surface area (Å²) in [6.07, 6.45) is 2.31. The number of fused-ring (bicyclic) bond motifs is 1. The number of nitrogens with zero attached hydrogens (tertiary/aromatic N) is 5. The molecule has 0 saturated carbocycles. The molecule has 2 aromatic heterocycles. The molecule has 30 heavy (non-hydrogen) atoms. The highest BCUT2D eigenvalue weighted by Crippen LogP contribution is 2.29. The molecule has 0 unspecified atom stereocenters. The summed E-state index contributed by atoms with van der Waals surface area (Å²) in [4.78, 5) is 14.5. The molecule has 7 nitrogen and oxygen atoms in total. The highest BCUT2D eigenvalue weighted by molar-refractivity contribution is 7.99. The summed E-state index contributed by atoms with van der Waals surface area (Å²) in [5, 5.41) is 10.4. The Balaban J connectivity index is 1.43. The van der Waals surface area contributed by atoms with Gasteiger partial charge >= 0.3 is 5.76 Å². The van der Waals surface area contributed by atoms with Gasteiger partial charge in [-0.2, -0.15) is 0 Å². The van der Waals surface area contributed by atoms with Gasteiger partial charge in [0.25, 0.3) is 0 Å². The van der Waals surface area contributed by atoms with Crippen LogP contribution in [0.3, 0.4) is 0 Å². The second-order valence-corrected chi connectivity index (χ2v) is 8.63. The molecule has 1 aliphatic rings. The predicted molar refractivity (Wildman–Crippen MR) is 119 cm³/mol. The normalized spacial score (nSPS) is 14.1. The van der Waals surface area contributed by atoms with Gasteiger partial charge in [-0.05, 0) is 43.2 Å². The Hall–Kier alpha value is -2.71. The topological polar surface area (TPSA) is 69.1 Å². The van der Waals surface area contributed by atoms with Gasteiger partial charge in [0.15, 0.2) is 10.7 Å². The van der Waals surface area contributed by atoms with Gasteiger partial charge in [-0.3, -0.25) is 9.13 Å². The number of aromatic nitrogens is 4. The first-order valence-electron chi connectivity index (χ1n) is 9.88. The summed E-state index contributed by atoms with van der Waals surface area (Å²) in [6, 6.07) is 15.2. The van der Waals surface area contributed by atoms with Crippen LogP contribution in [0.15, 0.2) is 62.9 Å². The summed E-state index contributed by atoms with van der Waals surface area (Å²) in [6.45, 7) is 2.46. The van der Waals surface area contributed by atoms with Crippen LogP contribution in [-0.2, 0) is 6.54 Å². The third kappa shape index (κ3) is 3.61. The standard InChI is InChI=1S/C21H20ClN5O2S/c22-15-6-5-7-16(14-15)27-19(25-10-3-4-11-25)23-24-20(27)30-13-12-26-17-8-1-2-9-18(17)29-21(26)28/h1-2,5-9,14H,3-4,10-13H2. The van der Waals surface area contributed by atoms with E-state index in [1.54, 1.807) is 22.4 Å². The summed E-state index contributed by atoms with van der Waals surface area (Å²) in [5.41, 5.74) is 2.34. The van der Waals surface area contributed by atoms with Crippen molar-refractivity contribution in [3.05, 3.63) is 64.1 Å². The van der Waals surface area contributed by atoms with Crippen molar-refractivity contribution in [1.82, 2.24) is 19.3 Å². The fourth-order valence-electron chi connectivity index (χ4n) is 3.77. The lowest BCUT2D eigenvalue weighted by Crippen LogP contribution is -2.22. The lowest BCUT2D eigenvalue weighted by molar-refractivity contribution is 0.514. The number of oxazole rings is 1. The van der Waals surface area contributed by atoms with Crippen LogP contribution in [0.25, 0.3) is 16.8 Å². The number of thioether (sulfide) groups is 1. The smallest absolute Gasteiger partial charge is 0.408 e. The van der Waals surface area contributed by atoms with Gasteiger partial charge in [0.05, 0.1) is 11.2 Å². The third-order valence-corrected chi connectivity index (χ3v) is 6.34. The van der Waals surface area contributed by atoms with Crippen LogP contribution in [0.1, 0.15) is 12.8 Å². The van der Waals surface area contributed by atoms with Gasteiger partial charge < -0.3 is 9.32 Å². The van der Waals surface area contributed by atoms with Gasteiger partial charge in [0.2, 0.25) is 5.95 Å². The van der Waals surface area contributed by atoms with Crippen molar-refractivity contribution in [2.75, 3.05) is 23.7 Å². The van der Waals surface area contributed by atoms with Crippen molar-refractivity contribution in [3.63, 3.8) is 0 Å². The molecule has 1 saturated heterocycles. The number of halogens is 1. The van der Waals surface area contributed by atoms with E-state index in [0.29, 0.717) is 22.9 Å². The highest BCUT2D eigenvalue weighted by Gasteiger charge is 2.22. The molecule has 0 radical (unpaired) electrons. The van der Waals surface area contributed by atoms with Crippen molar-refractivity contribution in [3.8, 4) is 5.69 Å². The second-order valence-electron chi connectivity index (χ2n) is 7.13. The lowest BCUT2D eigenvalue weighted by atomic mass is 10.3. The quantitative estimate of drug-likeness (QED) is 0.417. The molecule has 1 fully saturated rings. The summed E-state index contributed by atoms with van der Waals surface area (Å²) in [5.74, 6) is 1.15. The highest BCUT2D eigenvalue weighted by atomic mass is 35.5. The SMILES string of the molecule is O=c1oc2ccccc2n1CCSc1nnc(N2CCCC2)n1-c1cccc(Cl)c1. The number of anilines is 1. The van der Waals surface area contributed by atoms with Crippen molar-refractivity contribution in [2.45, 2.75) is 24.5 Å². The number of aryl methyl sites for hydroxylation is 1. The first-order valence-corrected chi connectivity index (χ1v) is 11.2. The molecule has 0 atom stereocenters. The zero-order chi connectivity index (χ0) is 20.5. The summed E-state index contributed by atoms with van der Waals surface area (Å²) < 4.78 is 9.03. The minimum absolute atomic E-state index is 0.342. The van der Waals surface area contributed by atoms with E-state index in [9.17, 15) is 4.79 Å². The Morgan fingerprint density at radius 2 is 1.90 bits per heavy atom. The Labute approximate surface area is 182 Å². The molecular formula is C21H20ClN5O2S. The zero-order valence-corrected chi connectivity index (χ0v) is 17.8. The lowest BCUT2D eigenvalue weighted by Gasteiger charge is -2.18. The predicted octanol–water partition coefficient (Wildman–Crippen LogP) is 4.22. The molecule has 4 aromatic rings. The van der Waals surface area contributed by atoms with Crippen molar-refractivity contribution in [2.24, 2.45) is 0 Å². The zero-order valence-electron chi connectivity index (χ0n) is 16.2. The molecule has 0 amide bonds. The maximum Gasteiger partial charge on any atom is 0.419 e. The van der Waals surface area contributed by atoms with Gasteiger partial charge in [-0.1, -0.05) is 41.6 Å². The molecule has 0 bridgehead atoms. The fourth-order valence-corrected chi connectivity index (χ4v) is 4.83. The molecule has 3 heterocycles. The van der Waals surface area contributed by atoms with E-state index in [2.05, 4.69) is 19.7 Å². The maximum atomic E-state index is 12.2. The minimum atomic E-state index is -0.342. The molecule has 5 rings (SSSR count). The van der Waals surface area contributed by atoms with E-state index in [4.69, 9.17) is 16.0 Å². The van der Waals surface area contributed by atoms with Crippen molar-refractivity contribution in [1.29, 1.82) is 0 Å². The first-order chi connectivity index (χ1) is 14.7. The number of para-hydroxylation sites is 2. The molecule has 9 heteroatoms. The van der Waals surface area contributed by atoms with E-state index < -0.39 is 0 Å². The minimum Gasteiger partial charge on any atom is -0.408 e. The molecule has 0 spiro atoms. The van der Waals surface area contributed by atoms with E-state index in [1.165, 1.54) is 0 Å². The molecular weight excluding hydrogens is 422 g/mol. The van der Waals surface area contributed by atoms with Gasteiger partial charge in [0, 0.05) is 30.4 Å². The van der Waals surface area contributed by atoms with Crippen LogP contribution >= 0.6 is 23.4 Å². The first kappa shape index (κ1) is 19.3. The maximum absolute atomic E-state index is 12.2. The summed E-state index contributed by atoms with van der Waals surface area (Å²) in [7, 11) is 0. The van der Waals surface area contributed by atoms with Gasteiger partial charge in [0.1, 0.15) is 0 Å². The van der Waals surface area contributed by atoms with E-state index >= 15 is 0 Å². The number of hydrogen-bond acceptors (Lipinski definition) is 6. The van der Waals surface area contributed by atoms with Gasteiger partial charge in [-0.25, -0.2) is 4.79 Å². The fraction of sp³-hybridized carbons (Fsp3) is 0.286. The number of rotatable bonds is 6. The van der Waals surface area contributed by atoms with Crippen LogP contribution < -0.4 is 10.7 Å². The van der Waals surface area contributed by atoms with E-state index in [-0.39, 0.29) is 5.76 Å². The average Bonchev–Trinajstić information content (AvgIpc) is 3.47. The Morgan fingerprint density at radius 1 is 1.07 bits per heavy atom. The summed E-state index contributed by atoms with van der Waals surface area (Å²) >= 11 is 7.81. The van der Waals surface area contributed by atoms with Crippen LogP contribution in [0.4, 0.5) is 5.95 Å². The largest absolute Gasteiger partial charge is 0.419 e. The van der Waals surface area contributed by atoms with Crippen LogP contribution in [0.5, 0.6) is 0 Å². The number of hydrogen-bond donors (Lipinski definition) is 0. The van der Waals surface area contributed by atoms with E-state index in [0.717, 1.165) is 48.2 Å². The average molecular weight is 442 g/mol. The molecule has 0 aliphatic carbocycles. The van der Waals surface area contributed by atoms with Crippen LogP contribution in [0, 0.1) is 0 Å². The van der Waals surface area contributed by atoms with Gasteiger partial charge in [-0.15, -0.1) is 10.2 Å². The Morgan fingerprint density at radius 3 is 2.73 bits per heavy atom. The molecule has 154 valence electrons. The van der Waals surface area contributed by atoms with Crippen LogP contribution in [-0.4, -0.2) is 38.2 Å². The van der Waals surface area contributed by atoms with Crippen molar-refractivity contribution >= 4 is 40.4 Å².